The standard InChI is InChI=1S/C31H47NO9/c1-18-27(36)24(34)14-26(40-18)41-20-3-8-29(17-32-11-12-33)22-4-7-28(2)21(19-13-25(35)39-16-19)6-10-31(28,38)23(22)5-9-30(29,37)15-20/h13,17-18,20-24,26-27,33-34,36-38H,3-12,14-16H2,1-2H3/t18-,20-,21-,22+,23-,24+,26+,27-,28-,29+,30+,31+/m1/s1. The highest BCUT2D eigenvalue weighted by atomic mass is 16.7. The van der Waals surface area contributed by atoms with Gasteiger partial charge in [0, 0.05) is 36.0 Å². The van der Waals surface area contributed by atoms with Crippen LogP contribution in [0.15, 0.2) is 16.6 Å². The Kier molecular flexibility index (Phi) is 7.70. The molecule has 0 aromatic rings. The minimum Gasteiger partial charge on any atom is -0.458 e. The molecule has 0 spiro atoms. The monoisotopic (exact) mass is 577 g/mol. The summed E-state index contributed by atoms with van der Waals surface area (Å²) in [7, 11) is 0. The zero-order valence-electron chi connectivity index (χ0n) is 24.3. The number of aliphatic imine (C=N–C) groups is 1. The lowest BCUT2D eigenvalue weighted by molar-refractivity contribution is -0.282. The highest BCUT2D eigenvalue weighted by Crippen LogP contribution is 2.70. The Morgan fingerprint density at radius 1 is 1.10 bits per heavy atom. The number of ether oxygens (including phenoxy) is 3. The van der Waals surface area contributed by atoms with E-state index in [0.29, 0.717) is 45.1 Å². The first-order chi connectivity index (χ1) is 19.5. The number of carbonyl (C=O) groups excluding carboxylic acids is 1. The van der Waals surface area contributed by atoms with E-state index in [1.807, 2.05) is 6.21 Å². The molecule has 6 rings (SSSR count). The van der Waals surface area contributed by atoms with Crippen LogP contribution >= 0.6 is 0 Å². The van der Waals surface area contributed by atoms with Gasteiger partial charge >= 0.3 is 5.97 Å². The van der Waals surface area contributed by atoms with Gasteiger partial charge in [0.1, 0.15) is 12.7 Å². The number of hydrogen-bond donors (Lipinski definition) is 5. The molecular weight excluding hydrogens is 530 g/mol. The average Bonchev–Trinajstić information content (AvgIpc) is 3.47. The van der Waals surface area contributed by atoms with Gasteiger partial charge < -0.3 is 39.7 Å². The van der Waals surface area contributed by atoms with Crippen molar-refractivity contribution < 1.29 is 44.5 Å². The van der Waals surface area contributed by atoms with Gasteiger partial charge in [-0.15, -0.1) is 0 Å². The molecule has 0 aromatic carbocycles. The maximum Gasteiger partial charge on any atom is 0.331 e. The van der Waals surface area contributed by atoms with Crippen LogP contribution in [-0.4, -0.2) is 99.4 Å². The summed E-state index contributed by atoms with van der Waals surface area (Å²) in [6, 6.07) is 0. The fourth-order valence-corrected chi connectivity index (χ4v) is 10.1. The van der Waals surface area contributed by atoms with Crippen LogP contribution in [0.5, 0.6) is 0 Å². The van der Waals surface area contributed by atoms with Crippen molar-refractivity contribution in [3.05, 3.63) is 11.6 Å². The van der Waals surface area contributed by atoms with Crippen molar-refractivity contribution in [2.75, 3.05) is 19.8 Å². The van der Waals surface area contributed by atoms with Gasteiger partial charge in [-0.25, -0.2) is 4.79 Å². The first-order valence-electron chi connectivity index (χ1n) is 15.6. The molecule has 10 nitrogen and oxygen atoms in total. The Balaban J connectivity index is 1.26. The molecule has 0 aromatic heterocycles. The fraction of sp³-hybridized carbons (Fsp3) is 0.871. The van der Waals surface area contributed by atoms with Crippen LogP contribution in [0, 0.1) is 28.6 Å². The molecule has 0 bridgehead atoms. The second-order valence-corrected chi connectivity index (χ2v) is 13.9. The lowest BCUT2D eigenvalue weighted by Gasteiger charge is -2.66. The molecule has 0 unspecified atom stereocenters. The molecule has 2 aliphatic heterocycles. The molecule has 4 saturated carbocycles. The van der Waals surface area contributed by atoms with Crippen LogP contribution < -0.4 is 0 Å². The summed E-state index contributed by atoms with van der Waals surface area (Å²) in [5.74, 6) is -0.218. The molecule has 0 amide bonds. The maximum atomic E-state index is 12.6. The highest BCUT2D eigenvalue weighted by Gasteiger charge is 2.71. The summed E-state index contributed by atoms with van der Waals surface area (Å²) in [6.07, 6.45) is 6.25. The molecule has 5 N–H and O–H groups in total. The summed E-state index contributed by atoms with van der Waals surface area (Å²) in [5, 5.41) is 54.8. The molecule has 2 heterocycles. The first kappa shape index (κ1) is 29.7. The van der Waals surface area contributed by atoms with Crippen molar-refractivity contribution >= 4 is 12.2 Å². The quantitative estimate of drug-likeness (QED) is 0.180. The lowest BCUT2D eigenvalue weighted by Crippen LogP contribution is -2.69. The normalized spacial score (nSPS) is 51.6. The van der Waals surface area contributed by atoms with Gasteiger partial charge in [-0.05, 0) is 81.6 Å². The van der Waals surface area contributed by atoms with E-state index in [1.165, 1.54) is 0 Å². The topological polar surface area (TPSA) is 158 Å². The zero-order chi connectivity index (χ0) is 29.2. The first-order valence-corrected chi connectivity index (χ1v) is 15.6. The van der Waals surface area contributed by atoms with Crippen LogP contribution in [0.25, 0.3) is 0 Å². The second kappa shape index (κ2) is 10.6. The molecule has 41 heavy (non-hydrogen) atoms. The third kappa shape index (κ3) is 4.55. The van der Waals surface area contributed by atoms with Crippen molar-refractivity contribution in [2.24, 2.45) is 33.6 Å². The molecule has 10 heteroatoms. The predicted octanol–water partition coefficient (Wildman–Crippen LogP) is 1.64. The predicted molar refractivity (Wildman–Crippen MR) is 148 cm³/mol. The van der Waals surface area contributed by atoms with Gasteiger partial charge in [0.05, 0.1) is 42.7 Å². The summed E-state index contributed by atoms with van der Waals surface area (Å²) >= 11 is 0. The number of rotatable bonds is 6. The summed E-state index contributed by atoms with van der Waals surface area (Å²) in [6.45, 7) is 4.39. The minimum atomic E-state index is -1.11. The van der Waals surface area contributed by atoms with Gasteiger partial charge in [0.15, 0.2) is 6.29 Å². The number of aliphatic hydroxyl groups is 5. The van der Waals surface area contributed by atoms with Gasteiger partial charge in [-0.3, -0.25) is 4.99 Å². The number of hydrogen-bond acceptors (Lipinski definition) is 10. The second-order valence-electron chi connectivity index (χ2n) is 13.9. The lowest BCUT2D eigenvalue weighted by atomic mass is 9.41. The Morgan fingerprint density at radius 2 is 1.88 bits per heavy atom. The van der Waals surface area contributed by atoms with Gasteiger partial charge in [-0.2, -0.15) is 0 Å². The molecule has 5 fully saturated rings. The van der Waals surface area contributed by atoms with Crippen molar-refractivity contribution in [1.29, 1.82) is 0 Å². The van der Waals surface area contributed by atoms with E-state index in [0.717, 1.165) is 24.8 Å². The molecule has 230 valence electrons. The van der Waals surface area contributed by atoms with Crippen molar-refractivity contribution in [2.45, 2.75) is 120 Å². The van der Waals surface area contributed by atoms with E-state index in [4.69, 9.17) is 14.2 Å². The third-order valence-corrected chi connectivity index (χ3v) is 12.2. The average molecular weight is 578 g/mol. The Hall–Kier alpha value is -1.40. The smallest absolute Gasteiger partial charge is 0.331 e. The molecule has 0 radical (unpaired) electrons. The van der Waals surface area contributed by atoms with Crippen LogP contribution in [-0.2, 0) is 19.0 Å². The van der Waals surface area contributed by atoms with Crippen LogP contribution in [0.1, 0.15) is 78.1 Å². The van der Waals surface area contributed by atoms with Gasteiger partial charge in [-0.1, -0.05) is 6.92 Å². The molecule has 1 saturated heterocycles. The largest absolute Gasteiger partial charge is 0.458 e. The van der Waals surface area contributed by atoms with Crippen LogP contribution in [0.4, 0.5) is 0 Å². The van der Waals surface area contributed by atoms with Gasteiger partial charge in [0.2, 0.25) is 0 Å². The zero-order valence-corrected chi connectivity index (χ0v) is 24.3. The number of aliphatic hydroxyl groups excluding tert-OH is 3. The Labute approximate surface area is 241 Å². The van der Waals surface area contributed by atoms with E-state index in [2.05, 4.69) is 11.9 Å². The highest BCUT2D eigenvalue weighted by molar-refractivity contribution is 5.85. The van der Waals surface area contributed by atoms with E-state index in [-0.39, 0.29) is 54.8 Å². The minimum absolute atomic E-state index is 0.0137. The number of nitrogens with zero attached hydrogens (tertiary/aromatic N) is 1. The maximum absolute atomic E-state index is 12.6. The molecular formula is C31H47NO9. The Morgan fingerprint density at radius 3 is 2.59 bits per heavy atom. The van der Waals surface area contributed by atoms with Crippen molar-refractivity contribution in [3.63, 3.8) is 0 Å². The summed E-state index contributed by atoms with van der Waals surface area (Å²) < 4.78 is 17.4. The molecule has 12 atom stereocenters. The van der Waals surface area contributed by atoms with Crippen molar-refractivity contribution in [3.8, 4) is 0 Å². The number of fused-ring (bicyclic) bond motifs is 5. The SMILES string of the molecule is C[C@H]1O[C@@H](O[C@@H]2CC[C@]3(C=NCCO)[C@H]4CC[C@]5(C)[C@@H](C6=CC(=O)OC6)CC[C@]5(O)[C@@H]4CC[C@]3(O)C2)C[C@H](O)[C@@H]1O. The van der Waals surface area contributed by atoms with E-state index < -0.39 is 41.2 Å². The number of esters is 1. The number of carbonyl (C=O) groups is 1. The molecule has 6 aliphatic rings. The summed E-state index contributed by atoms with van der Waals surface area (Å²) in [4.78, 5) is 16.5. The van der Waals surface area contributed by atoms with Crippen LogP contribution in [0.3, 0.4) is 0 Å². The van der Waals surface area contributed by atoms with Gasteiger partial charge in [0.25, 0.3) is 0 Å². The van der Waals surface area contributed by atoms with E-state index in [9.17, 15) is 30.3 Å². The summed E-state index contributed by atoms with van der Waals surface area (Å²) in [5.41, 5.74) is -2.09. The fourth-order valence-electron chi connectivity index (χ4n) is 10.1. The number of cyclic esters (lactones) is 1. The van der Waals surface area contributed by atoms with E-state index in [1.54, 1.807) is 13.0 Å². The van der Waals surface area contributed by atoms with E-state index >= 15 is 0 Å². The third-order valence-electron chi connectivity index (χ3n) is 12.2. The Bertz CT molecular complexity index is 1070. The van der Waals surface area contributed by atoms with Crippen molar-refractivity contribution in [1.82, 2.24) is 0 Å². The molecule has 4 aliphatic carbocycles. The van der Waals surface area contributed by atoms with Crippen LogP contribution in [0.2, 0.25) is 0 Å².